The lowest BCUT2D eigenvalue weighted by atomic mass is 10.00. The number of nitrogens with zero attached hydrogens (tertiary/aromatic N) is 2. The highest BCUT2D eigenvalue weighted by atomic mass is 32.1. The third-order valence-corrected chi connectivity index (χ3v) is 5.64. The maximum absolute atomic E-state index is 12.9. The molecule has 0 radical (unpaired) electrons. The molecule has 1 aliphatic rings. The first kappa shape index (κ1) is 16.1. The van der Waals surface area contributed by atoms with Crippen molar-refractivity contribution in [3.8, 4) is 5.75 Å². The van der Waals surface area contributed by atoms with E-state index in [1.807, 2.05) is 35.7 Å². The third-order valence-electron chi connectivity index (χ3n) is 4.65. The molecule has 25 heavy (non-hydrogen) atoms. The van der Waals surface area contributed by atoms with Crippen LogP contribution in [0.3, 0.4) is 0 Å². The van der Waals surface area contributed by atoms with Crippen molar-refractivity contribution in [2.75, 3.05) is 13.1 Å². The van der Waals surface area contributed by atoms with Gasteiger partial charge in [0.15, 0.2) is 0 Å². The zero-order valence-corrected chi connectivity index (χ0v) is 14.7. The predicted molar refractivity (Wildman–Crippen MR) is 102 cm³/mol. The van der Waals surface area contributed by atoms with Gasteiger partial charge in [-0.15, -0.1) is 11.3 Å². The maximum atomic E-state index is 12.9. The van der Waals surface area contributed by atoms with Crippen molar-refractivity contribution >= 4 is 28.0 Å². The van der Waals surface area contributed by atoms with Gasteiger partial charge in [-0.25, -0.2) is 0 Å². The number of pyridine rings is 1. The van der Waals surface area contributed by atoms with Crippen molar-refractivity contribution in [2.24, 2.45) is 12.0 Å². The molecule has 4 rings (SSSR count). The number of nitrogens with one attached hydrogen (secondary N) is 1. The lowest BCUT2D eigenvalue weighted by Crippen LogP contribution is -2.27. The van der Waals surface area contributed by atoms with Crippen LogP contribution >= 0.6 is 11.3 Å². The summed E-state index contributed by atoms with van der Waals surface area (Å²) in [5.41, 5.74) is 1.51. The van der Waals surface area contributed by atoms with E-state index in [2.05, 4.69) is 16.4 Å². The van der Waals surface area contributed by atoms with Gasteiger partial charge >= 0.3 is 0 Å². The molecule has 0 amide bonds. The number of benzene rings is 1. The SMILES string of the molecule is Cn1c(=O)c(C2=NCCNC(c3cccs3)C2)c(O)c2ccccc21. The van der Waals surface area contributed by atoms with Crippen LogP contribution in [0.2, 0.25) is 0 Å². The number of hydrogen-bond donors (Lipinski definition) is 2. The minimum atomic E-state index is -0.207. The number of aromatic hydroxyl groups is 1. The van der Waals surface area contributed by atoms with Gasteiger partial charge in [0.1, 0.15) is 11.3 Å². The third kappa shape index (κ3) is 2.77. The summed E-state index contributed by atoms with van der Waals surface area (Å²) in [6.07, 6.45) is 0.585. The van der Waals surface area contributed by atoms with Gasteiger partial charge in [-0.3, -0.25) is 9.79 Å². The van der Waals surface area contributed by atoms with E-state index in [0.717, 1.165) is 12.1 Å². The predicted octanol–water partition coefficient (Wildman–Crippen LogP) is 2.83. The summed E-state index contributed by atoms with van der Waals surface area (Å²) in [5, 5.41) is 17.0. The highest BCUT2D eigenvalue weighted by Crippen LogP contribution is 2.30. The monoisotopic (exact) mass is 353 g/mol. The van der Waals surface area contributed by atoms with Crippen LogP contribution in [0.25, 0.3) is 10.9 Å². The number of aromatic nitrogens is 1. The van der Waals surface area contributed by atoms with Gasteiger partial charge in [-0.1, -0.05) is 18.2 Å². The molecule has 1 aliphatic heterocycles. The molecule has 0 saturated heterocycles. The fourth-order valence-corrected chi connectivity index (χ4v) is 4.17. The molecule has 128 valence electrons. The van der Waals surface area contributed by atoms with Crippen LogP contribution in [-0.2, 0) is 7.05 Å². The van der Waals surface area contributed by atoms with Gasteiger partial charge in [-0.2, -0.15) is 0 Å². The topological polar surface area (TPSA) is 66.6 Å². The molecule has 3 heterocycles. The van der Waals surface area contributed by atoms with E-state index < -0.39 is 0 Å². The van der Waals surface area contributed by atoms with E-state index >= 15 is 0 Å². The van der Waals surface area contributed by atoms with Crippen molar-refractivity contribution < 1.29 is 5.11 Å². The quantitative estimate of drug-likeness (QED) is 0.744. The second-order valence-corrected chi connectivity index (χ2v) is 7.14. The second kappa shape index (κ2) is 6.46. The molecular formula is C19H19N3O2S. The average molecular weight is 353 g/mol. The Morgan fingerprint density at radius 2 is 2.12 bits per heavy atom. The molecule has 0 aliphatic carbocycles. The molecule has 0 saturated carbocycles. The van der Waals surface area contributed by atoms with Crippen LogP contribution in [0.4, 0.5) is 0 Å². The molecule has 5 nitrogen and oxygen atoms in total. The number of thiophene rings is 1. The molecule has 0 spiro atoms. The Morgan fingerprint density at radius 1 is 1.28 bits per heavy atom. The van der Waals surface area contributed by atoms with Crippen LogP contribution < -0.4 is 10.9 Å². The minimum Gasteiger partial charge on any atom is -0.506 e. The van der Waals surface area contributed by atoms with Crippen LogP contribution in [-0.4, -0.2) is 28.5 Å². The van der Waals surface area contributed by atoms with E-state index in [1.165, 1.54) is 4.88 Å². The largest absolute Gasteiger partial charge is 0.506 e. The summed E-state index contributed by atoms with van der Waals surface area (Å²) in [7, 11) is 1.74. The fourth-order valence-electron chi connectivity index (χ4n) is 3.37. The van der Waals surface area contributed by atoms with Gasteiger partial charge in [0.25, 0.3) is 5.56 Å². The first-order valence-electron chi connectivity index (χ1n) is 8.28. The minimum absolute atomic E-state index is 0.0317. The molecule has 1 unspecified atom stereocenters. The number of fused-ring (bicyclic) bond motifs is 1. The van der Waals surface area contributed by atoms with Crippen LogP contribution in [0.15, 0.2) is 51.6 Å². The number of rotatable bonds is 2. The summed E-state index contributed by atoms with van der Waals surface area (Å²) in [6, 6.07) is 11.6. The number of aliphatic imine (C=N–C) groups is 1. The summed E-state index contributed by atoms with van der Waals surface area (Å²) in [6.45, 7) is 1.34. The van der Waals surface area contributed by atoms with Crippen LogP contribution in [0.1, 0.15) is 22.9 Å². The molecule has 6 heteroatoms. The lowest BCUT2D eigenvalue weighted by molar-refractivity contribution is 0.477. The molecular weight excluding hydrogens is 334 g/mol. The summed E-state index contributed by atoms with van der Waals surface area (Å²) < 4.78 is 1.59. The van der Waals surface area contributed by atoms with E-state index in [4.69, 9.17) is 0 Å². The molecule has 2 aromatic heterocycles. The van der Waals surface area contributed by atoms with Gasteiger partial charge < -0.3 is 15.0 Å². The number of hydrogen-bond acceptors (Lipinski definition) is 5. The van der Waals surface area contributed by atoms with E-state index in [-0.39, 0.29) is 17.4 Å². The average Bonchev–Trinajstić information content (AvgIpc) is 3.06. The zero-order chi connectivity index (χ0) is 17.4. The Hall–Kier alpha value is -2.44. The summed E-state index contributed by atoms with van der Waals surface area (Å²) in [5.74, 6) is 0.0317. The van der Waals surface area contributed by atoms with Gasteiger partial charge in [0.2, 0.25) is 0 Å². The van der Waals surface area contributed by atoms with Crippen molar-refractivity contribution in [1.82, 2.24) is 9.88 Å². The van der Waals surface area contributed by atoms with Gasteiger partial charge in [-0.05, 0) is 23.6 Å². The number of aryl methyl sites for hydroxylation is 1. The number of para-hydroxylation sites is 1. The van der Waals surface area contributed by atoms with Gasteiger partial charge in [0.05, 0.1) is 17.8 Å². The molecule has 3 aromatic rings. The van der Waals surface area contributed by atoms with Crippen molar-refractivity contribution in [3.63, 3.8) is 0 Å². The van der Waals surface area contributed by atoms with Gasteiger partial charge in [0, 0.05) is 36.3 Å². The standard InChI is InChI=1S/C19H19N3O2S/c1-22-15-6-3-2-5-12(15)18(23)17(19(22)24)14-11-13(20-8-9-21-14)16-7-4-10-25-16/h2-7,10,13,20,23H,8-9,11H2,1H3. The Bertz CT molecular complexity index is 1010. The summed E-state index contributed by atoms with van der Waals surface area (Å²) in [4.78, 5) is 18.7. The zero-order valence-electron chi connectivity index (χ0n) is 13.9. The summed E-state index contributed by atoms with van der Waals surface area (Å²) >= 11 is 1.69. The molecule has 2 N–H and O–H groups in total. The van der Waals surface area contributed by atoms with E-state index in [0.29, 0.717) is 29.6 Å². The van der Waals surface area contributed by atoms with Crippen molar-refractivity contribution in [3.05, 3.63) is 62.6 Å². The Labute approximate surface area is 149 Å². The molecule has 1 atom stereocenters. The first-order valence-corrected chi connectivity index (χ1v) is 9.16. The molecule has 0 fully saturated rings. The van der Waals surface area contributed by atoms with Crippen LogP contribution in [0.5, 0.6) is 5.75 Å². The smallest absolute Gasteiger partial charge is 0.263 e. The van der Waals surface area contributed by atoms with E-state index in [1.54, 1.807) is 23.0 Å². The lowest BCUT2D eigenvalue weighted by Gasteiger charge is -2.17. The molecule has 1 aromatic carbocycles. The highest BCUT2D eigenvalue weighted by molar-refractivity contribution is 7.10. The first-order chi connectivity index (χ1) is 12.2. The van der Waals surface area contributed by atoms with Crippen molar-refractivity contribution in [2.45, 2.75) is 12.5 Å². The Morgan fingerprint density at radius 3 is 2.92 bits per heavy atom. The normalized spacial score (nSPS) is 18.1. The maximum Gasteiger partial charge on any atom is 0.263 e. The highest BCUT2D eigenvalue weighted by Gasteiger charge is 2.24. The Kier molecular flexibility index (Phi) is 4.15. The molecule has 0 bridgehead atoms. The van der Waals surface area contributed by atoms with Crippen molar-refractivity contribution in [1.29, 1.82) is 0 Å². The van der Waals surface area contributed by atoms with E-state index in [9.17, 15) is 9.90 Å². The van der Waals surface area contributed by atoms with Crippen LogP contribution in [0, 0.1) is 0 Å². The second-order valence-electron chi connectivity index (χ2n) is 6.16. The Balaban J connectivity index is 1.86. The fraction of sp³-hybridized carbons (Fsp3) is 0.263.